The summed E-state index contributed by atoms with van der Waals surface area (Å²) in [6.45, 7) is 4.31. The molecule has 8 nitrogen and oxygen atoms in total. The Morgan fingerprint density at radius 3 is 2.46 bits per heavy atom. The van der Waals surface area contributed by atoms with E-state index in [2.05, 4.69) is 36.5 Å². The van der Waals surface area contributed by atoms with Crippen LogP contribution in [0.25, 0.3) is 0 Å². The van der Waals surface area contributed by atoms with Crippen molar-refractivity contribution in [1.82, 2.24) is 15.1 Å². The number of aliphatic carboxylic acids is 1. The lowest BCUT2D eigenvalue weighted by Gasteiger charge is -2.42. The van der Waals surface area contributed by atoms with E-state index in [9.17, 15) is 24.3 Å². The number of carboxylic acids is 1. The minimum Gasteiger partial charge on any atom is -0.481 e. The van der Waals surface area contributed by atoms with Crippen molar-refractivity contribution in [3.63, 3.8) is 0 Å². The number of aryl methyl sites for hydroxylation is 2. The second-order valence-electron chi connectivity index (χ2n) is 14.8. The molecule has 0 unspecified atom stereocenters. The molecule has 2 fully saturated rings. The van der Waals surface area contributed by atoms with Crippen LogP contribution in [0.2, 0.25) is 0 Å². The Labute approximate surface area is 285 Å². The minimum absolute atomic E-state index is 0.000201. The summed E-state index contributed by atoms with van der Waals surface area (Å²) in [7, 11) is 0. The van der Waals surface area contributed by atoms with E-state index in [1.807, 2.05) is 21.9 Å². The van der Waals surface area contributed by atoms with Gasteiger partial charge in [-0.2, -0.15) is 0 Å². The first-order chi connectivity index (χ1) is 23.3. The quantitative estimate of drug-likeness (QED) is 0.232. The van der Waals surface area contributed by atoms with E-state index in [-0.39, 0.29) is 23.8 Å². The molecule has 2 aromatic rings. The molecule has 8 heteroatoms. The van der Waals surface area contributed by atoms with Crippen LogP contribution in [0.15, 0.2) is 36.4 Å². The van der Waals surface area contributed by atoms with Crippen LogP contribution in [0, 0.1) is 24.7 Å². The number of carbonyl (C=O) groups is 4. The molecule has 0 radical (unpaired) electrons. The van der Waals surface area contributed by atoms with Crippen molar-refractivity contribution in [3.05, 3.63) is 69.8 Å². The Kier molecular flexibility index (Phi) is 11.2. The van der Waals surface area contributed by atoms with Gasteiger partial charge in [-0.25, -0.2) is 0 Å². The Balaban J connectivity index is 1.05. The van der Waals surface area contributed by atoms with Crippen molar-refractivity contribution >= 4 is 23.7 Å². The number of nitrogens with zero attached hydrogens (tertiary/aromatic N) is 2. The van der Waals surface area contributed by atoms with Gasteiger partial charge in [-0.15, -0.1) is 0 Å². The Morgan fingerprint density at radius 2 is 1.67 bits per heavy atom. The predicted octanol–water partition coefficient (Wildman–Crippen LogP) is 6.77. The molecule has 0 saturated heterocycles. The second kappa shape index (κ2) is 15.7. The molecule has 0 aromatic heterocycles. The number of unbranched alkanes of at least 4 members (excludes halogenated alkanes) is 3. The average molecular weight is 656 g/mol. The third-order valence-electron chi connectivity index (χ3n) is 11.6. The number of carboxylic acid groups (broad SMARTS) is 1. The molecule has 3 atom stereocenters. The molecule has 2 aromatic carbocycles. The number of carbonyl (C=O) groups excluding carboxylic acids is 3. The molecule has 258 valence electrons. The molecular weight excluding hydrogens is 602 g/mol. The highest BCUT2D eigenvalue weighted by Crippen LogP contribution is 2.39. The topological polar surface area (TPSA) is 107 Å². The second-order valence-corrected chi connectivity index (χ2v) is 14.8. The summed E-state index contributed by atoms with van der Waals surface area (Å²) >= 11 is 0. The molecule has 2 N–H and O–H groups in total. The molecule has 2 aliphatic heterocycles. The lowest BCUT2D eigenvalue weighted by Crippen LogP contribution is -2.49. The maximum absolute atomic E-state index is 14.1. The first-order valence-electron chi connectivity index (χ1n) is 18.6. The smallest absolute Gasteiger partial charge is 0.307 e. The van der Waals surface area contributed by atoms with Crippen LogP contribution < -0.4 is 5.32 Å². The Morgan fingerprint density at radius 1 is 0.917 bits per heavy atom. The van der Waals surface area contributed by atoms with Crippen molar-refractivity contribution in [2.24, 2.45) is 17.8 Å². The van der Waals surface area contributed by atoms with Gasteiger partial charge in [-0.05, 0) is 98.1 Å². The van der Waals surface area contributed by atoms with Crippen molar-refractivity contribution in [2.75, 3.05) is 19.6 Å². The zero-order chi connectivity index (χ0) is 33.6. The van der Waals surface area contributed by atoms with Crippen LogP contribution in [0.1, 0.15) is 128 Å². The summed E-state index contributed by atoms with van der Waals surface area (Å²) in [5.74, 6) is -1.31. The monoisotopic (exact) mass is 655 g/mol. The average Bonchev–Trinajstić information content (AvgIpc) is 3.71. The van der Waals surface area contributed by atoms with Gasteiger partial charge in [-0.3, -0.25) is 19.2 Å². The van der Waals surface area contributed by atoms with E-state index in [1.54, 1.807) is 0 Å². The van der Waals surface area contributed by atoms with Gasteiger partial charge in [-0.1, -0.05) is 68.9 Å². The predicted molar refractivity (Wildman–Crippen MR) is 185 cm³/mol. The molecule has 2 aliphatic carbocycles. The van der Waals surface area contributed by atoms with Crippen molar-refractivity contribution in [3.8, 4) is 0 Å². The standard InChI is InChI=1S/C40H53N3O5/c1-27-11-10-17-33-31(27)20-22-43(39(46)34-15-7-8-16-35(34)40(47)48)36(33)26-42-25-30-23-29(18-19-32(30)38(42)45)12-4-2-3-9-21-41-37(44)24-28-13-5-6-14-28/h10-11,17-19,23,28,34-36H,2-9,12-16,20-22,24-26H2,1H3,(H,41,44)(H,47,48)/t34-,35+,36-/m1/s1. The normalized spacial score (nSPS) is 22.4. The number of benzene rings is 2. The number of fused-ring (bicyclic) bond motifs is 2. The van der Waals surface area contributed by atoms with E-state index in [1.165, 1.54) is 42.4 Å². The van der Waals surface area contributed by atoms with E-state index in [4.69, 9.17) is 0 Å². The van der Waals surface area contributed by atoms with Crippen LogP contribution >= 0.6 is 0 Å². The molecule has 3 amide bonds. The highest BCUT2D eigenvalue weighted by atomic mass is 16.4. The summed E-state index contributed by atoms with van der Waals surface area (Å²) in [6.07, 6.45) is 14.5. The van der Waals surface area contributed by atoms with E-state index >= 15 is 0 Å². The number of hydrogen-bond acceptors (Lipinski definition) is 4. The van der Waals surface area contributed by atoms with Crippen LogP contribution in [0.4, 0.5) is 0 Å². The number of rotatable bonds is 13. The van der Waals surface area contributed by atoms with Crippen LogP contribution in [0.5, 0.6) is 0 Å². The van der Waals surface area contributed by atoms with Crippen LogP contribution in [-0.2, 0) is 33.8 Å². The first-order valence-corrected chi connectivity index (χ1v) is 18.6. The van der Waals surface area contributed by atoms with E-state index in [0.717, 1.165) is 74.6 Å². The van der Waals surface area contributed by atoms with Gasteiger partial charge in [0.05, 0.1) is 17.9 Å². The molecule has 48 heavy (non-hydrogen) atoms. The molecule has 0 bridgehead atoms. The lowest BCUT2D eigenvalue weighted by atomic mass is 9.77. The summed E-state index contributed by atoms with van der Waals surface area (Å²) < 4.78 is 0. The number of nitrogens with one attached hydrogen (secondary N) is 1. The van der Waals surface area contributed by atoms with Gasteiger partial charge in [0.25, 0.3) is 5.91 Å². The number of amides is 3. The van der Waals surface area contributed by atoms with Gasteiger partial charge in [0.2, 0.25) is 11.8 Å². The summed E-state index contributed by atoms with van der Waals surface area (Å²) in [6, 6.07) is 12.1. The molecule has 2 heterocycles. The molecule has 4 aliphatic rings. The van der Waals surface area contributed by atoms with Gasteiger partial charge in [0.15, 0.2) is 0 Å². The number of hydrogen-bond donors (Lipinski definition) is 2. The van der Waals surface area contributed by atoms with E-state index < -0.39 is 17.8 Å². The van der Waals surface area contributed by atoms with Crippen molar-refractivity contribution < 1.29 is 24.3 Å². The van der Waals surface area contributed by atoms with Gasteiger partial charge in [0, 0.05) is 38.2 Å². The Hall–Kier alpha value is -3.68. The zero-order valence-electron chi connectivity index (χ0n) is 28.7. The fraction of sp³-hybridized carbons (Fsp3) is 0.600. The maximum atomic E-state index is 14.1. The van der Waals surface area contributed by atoms with Gasteiger partial charge in [0.1, 0.15) is 0 Å². The lowest BCUT2D eigenvalue weighted by molar-refractivity contribution is -0.153. The zero-order valence-corrected chi connectivity index (χ0v) is 28.7. The maximum Gasteiger partial charge on any atom is 0.307 e. The summed E-state index contributed by atoms with van der Waals surface area (Å²) in [5, 5.41) is 13.0. The third kappa shape index (κ3) is 7.79. The largest absolute Gasteiger partial charge is 0.481 e. The fourth-order valence-electron chi connectivity index (χ4n) is 8.86. The SMILES string of the molecule is Cc1cccc2c1CCN(C(=O)[C@@H]1CCCC[C@@H]1C(=O)O)[C@@H]2CN1Cc2cc(CCCCCCNC(=O)CC3CCCC3)ccc2C1=O. The Bertz CT molecular complexity index is 1500. The van der Waals surface area contributed by atoms with E-state index in [0.29, 0.717) is 44.8 Å². The highest BCUT2D eigenvalue weighted by molar-refractivity contribution is 5.98. The first kappa shape index (κ1) is 34.2. The highest BCUT2D eigenvalue weighted by Gasteiger charge is 2.42. The summed E-state index contributed by atoms with van der Waals surface area (Å²) in [4.78, 5) is 55.9. The van der Waals surface area contributed by atoms with Crippen molar-refractivity contribution in [1.29, 1.82) is 0 Å². The molecule has 0 spiro atoms. The third-order valence-corrected chi connectivity index (χ3v) is 11.6. The molecular formula is C40H53N3O5. The van der Waals surface area contributed by atoms with Gasteiger partial charge < -0.3 is 20.2 Å². The van der Waals surface area contributed by atoms with Gasteiger partial charge >= 0.3 is 5.97 Å². The van der Waals surface area contributed by atoms with Crippen molar-refractivity contribution in [2.45, 2.75) is 116 Å². The molecule has 2 saturated carbocycles. The van der Waals surface area contributed by atoms with Crippen LogP contribution in [0.3, 0.4) is 0 Å². The summed E-state index contributed by atoms with van der Waals surface area (Å²) in [5.41, 5.74) is 6.52. The fourth-order valence-corrected chi connectivity index (χ4v) is 8.86. The molecule has 6 rings (SSSR count). The van der Waals surface area contributed by atoms with Crippen LogP contribution in [-0.4, -0.2) is 58.2 Å². The minimum atomic E-state index is -0.878.